The third-order valence-electron chi connectivity index (χ3n) is 7.34. The summed E-state index contributed by atoms with van der Waals surface area (Å²) in [4.78, 5) is 34.8. The minimum absolute atomic E-state index is 0.0934. The Balaban J connectivity index is 1.14. The Hall–Kier alpha value is -3.62. The maximum Gasteiger partial charge on any atom is 0.270 e. The highest BCUT2D eigenvalue weighted by atomic mass is 16.5. The molecule has 2 fully saturated rings. The molecule has 0 spiro atoms. The van der Waals surface area contributed by atoms with E-state index in [-0.39, 0.29) is 5.91 Å². The average molecular weight is 497 g/mol. The molecule has 1 unspecified atom stereocenters. The zero-order valence-electron chi connectivity index (χ0n) is 21.0. The molecule has 2 aliphatic heterocycles. The Labute approximate surface area is 216 Å². The highest BCUT2D eigenvalue weighted by Crippen LogP contribution is 2.23. The molecule has 1 aromatic carbocycles. The topological polar surface area (TPSA) is 87.2 Å². The van der Waals surface area contributed by atoms with Gasteiger partial charge in [0.15, 0.2) is 0 Å². The van der Waals surface area contributed by atoms with Crippen LogP contribution >= 0.6 is 0 Å². The number of carbonyl (C=O) groups excluding carboxylic acids is 1. The SMILES string of the molecule is O=C(c1cc2cc(Cc3nccc(-c4ccccn4)n3)ccc2[nH]1)N1CCCC(CN2CCOCC2)C1. The lowest BCUT2D eigenvalue weighted by molar-refractivity contribution is 0.0223. The molecular weight excluding hydrogens is 464 g/mol. The van der Waals surface area contributed by atoms with Gasteiger partial charge in [-0.05, 0) is 60.7 Å². The van der Waals surface area contributed by atoms with E-state index in [4.69, 9.17) is 9.72 Å². The van der Waals surface area contributed by atoms with Crippen LogP contribution in [0.15, 0.2) is 60.9 Å². The van der Waals surface area contributed by atoms with Crippen molar-refractivity contribution in [1.29, 1.82) is 0 Å². The Morgan fingerprint density at radius 2 is 1.92 bits per heavy atom. The zero-order valence-corrected chi connectivity index (χ0v) is 21.0. The van der Waals surface area contributed by atoms with E-state index in [1.165, 1.54) is 6.42 Å². The van der Waals surface area contributed by atoms with Crippen molar-refractivity contribution in [3.05, 3.63) is 78.0 Å². The van der Waals surface area contributed by atoms with Crippen LogP contribution in [0.3, 0.4) is 0 Å². The van der Waals surface area contributed by atoms with Gasteiger partial charge in [-0.25, -0.2) is 9.97 Å². The molecule has 2 saturated heterocycles. The predicted molar refractivity (Wildman–Crippen MR) is 142 cm³/mol. The van der Waals surface area contributed by atoms with E-state index in [1.54, 1.807) is 12.4 Å². The molecular formula is C29H32N6O2. The van der Waals surface area contributed by atoms with Gasteiger partial charge in [0.25, 0.3) is 5.91 Å². The molecule has 37 heavy (non-hydrogen) atoms. The number of aromatic amines is 1. The number of hydrogen-bond donors (Lipinski definition) is 1. The monoisotopic (exact) mass is 496 g/mol. The molecule has 4 aromatic rings. The maximum atomic E-state index is 13.4. The van der Waals surface area contributed by atoms with Gasteiger partial charge in [0.05, 0.1) is 24.6 Å². The standard InChI is InChI=1S/C29H32N6O2/c36-29(35-11-3-4-22(20-35)19-34-12-14-37-15-13-34)27-18-23-16-21(6-7-24(23)32-27)17-28-31-10-8-26(33-28)25-5-1-2-9-30-25/h1-2,5-10,16,18,22,32H,3-4,11-15,17,19-20H2. The highest BCUT2D eigenvalue weighted by molar-refractivity contribution is 5.98. The predicted octanol–water partition coefficient (Wildman–Crippen LogP) is 3.80. The second-order valence-corrected chi connectivity index (χ2v) is 10.0. The lowest BCUT2D eigenvalue weighted by Gasteiger charge is -2.36. The van der Waals surface area contributed by atoms with Gasteiger partial charge in [-0.1, -0.05) is 12.1 Å². The van der Waals surface area contributed by atoms with E-state index in [9.17, 15) is 4.79 Å². The first-order valence-corrected chi connectivity index (χ1v) is 13.2. The van der Waals surface area contributed by atoms with Crippen molar-refractivity contribution in [3.63, 3.8) is 0 Å². The number of hydrogen-bond acceptors (Lipinski definition) is 6. The summed E-state index contributed by atoms with van der Waals surface area (Å²) in [7, 11) is 0. The number of nitrogens with zero attached hydrogens (tertiary/aromatic N) is 5. The summed E-state index contributed by atoms with van der Waals surface area (Å²) >= 11 is 0. The number of H-pyrrole nitrogens is 1. The van der Waals surface area contributed by atoms with Crippen LogP contribution in [0.4, 0.5) is 0 Å². The minimum Gasteiger partial charge on any atom is -0.379 e. The molecule has 8 heteroatoms. The number of likely N-dealkylation sites (tertiary alicyclic amines) is 1. The quantitative estimate of drug-likeness (QED) is 0.437. The van der Waals surface area contributed by atoms with Gasteiger partial charge in [-0.2, -0.15) is 0 Å². The lowest BCUT2D eigenvalue weighted by Crippen LogP contribution is -2.46. The first-order valence-electron chi connectivity index (χ1n) is 13.2. The second kappa shape index (κ2) is 10.8. The molecule has 0 bridgehead atoms. The van der Waals surface area contributed by atoms with Crippen molar-refractivity contribution in [3.8, 4) is 11.4 Å². The van der Waals surface area contributed by atoms with Crippen molar-refractivity contribution in [2.45, 2.75) is 19.3 Å². The molecule has 6 rings (SSSR count). The molecule has 5 heterocycles. The Morgan fingerprint density at radius 3 is 2.78 bits per heavy atom. The number of rotatable bonds is 6. The van der Waals surface area contributed by atoms with Crippen LogP contribution in [0.1, 0.15) is 34.7 Å². The van der Waals surface area contributed by atoms with E-state index in [0.29, 0.717) is 18.0 Å². The van der Waals surface area contributed by atoms with Crippen LogP contribution in [-0.4, -0.2) is 81.6 Å². The van der Waals surface area contributed by atoms with Crippen molar-refractivity contribution in [2.24, 2.45) is 5.92 Å². The molecule has 1 atom stereocenters. The van der Waals surface area contributed by atoms with Crippen molar-refractivity contribution in [2.75, 3.05) is 45.9 Å². The summed E-state index contributed by atoms with van der Waals surface area (Å²) in [5, 5.41) is 1.03. The number of piperidine rings is 1. The molecule has 190 valence electrons. The van der Waals surface area contributed by atoms with E-state index < -0.39 is 0 Å². The van der Waals surface area contributed by atoms with E-state index in [1.807, 2.05) is 41.3 Å². The summed E-state index contributed by atoms with van der Waals surface area (Å²) in [5.74, 6) is 1.36. The van der Waals surface area contributed by atoms with Gasteiger partial charge in [0.2, 0.25) is 0 Å². The van der Waals surface area contributed by atoms with Crippen LogP contribution in [0.5, 0.6) is 0 Å². The fourth-order valence-electron chi connectivity index (χ4n) is 5.45. The van der Waals surface area contributed by atoms with E-state index >= 15 is 0 Å². The third kappa shape index (κ3) is 5.55. The van der Waals surface area contributed by atoms with Crippen molar-refractivity contribution >= 4 is 16.8 Å². The van der Waals surface area contributed by atoms with Gasteiger partial charge in [-0.3, -0.25) is 14.7 Å². The molecule has 1 amide bonds. The summed E-state index contributed by atoms with van der Waals surface area (Å²) < 4.78 is 5.48. The molecule has 0 radical (unpaired) electrons. The van der Waals surface area contributed by atoms with Crippen LogP contribution in [0, 0.1) is 5.92 Å². The van der Waals surface area contributed by atoms with Gasteiger partial charge < -0.3 is 14.6 Å². The molecule has 1 N–H and O–H groups in total. The summed E-state index contributed by atoms with van der Waals surface area (Å²) in [6, 6.07) is 15.9. The van der Waals surface area contributed by atoms with Crippen molar-refractivity contribution < 1.29 is 9.53 Å². The van der Waals surface area contributed by atoms with Gasteiger partial charge in [-0.15, -0.1) is 0 Å². The van der Waals surface area contributed by atoms with Crippen LogP contribution in [-0.2, 0) is 11.2 Å². The summed E-state index contributed by atoms with van der Waals surface area (Å²) in [6.07, 6.45) is 6.40. The number of nitrogens with one attached hydrogen (secondary N) is 1. The van der Waals surface area contributed by atoms with Crippen LogP contribution in [0.25, 0.3) is 22.3 Å². The normalized spacial score (nSPS) is 18.8. The smallest absolute Gasteiger partial charge is 0.270 e. The molecule has 8 nitrogen and oxygen atoms in total. The fourth-order valence-corrected chi connectivity index (χ4v) is 5.45. The first kappa shape index (κ1) is 23.8. The number of carbonyl (C=O) groups is 1. The maximum absolute atomic E-state index is 13.4. The number of fused-ring (bicyclic) bond motifs is 1. The van der Waals surface area contributed by atoms with Gasteiger partial charge in [0, 0.05) is 62.4 Å². The Bertz CT molecular complexity index is 1370. The average Bonchev–Trinajstić information content (AvgIpc) is 3.37. The minimum atomic E-state index is 0.0934. The van der Waals surface area contributed by atoms with Crippen LogP contribution < -0.4 is 0 Å². The molecule has 2 aliphatic rings. The first-order chi connectivity index (χ1) is 18.2. The highest BCUT2D eigenvalue weighted by Gasteiger charge is 2.27. The van der Waals surface area contributed by atoms with Gasteiger partial charge >= 0.3 is 0 Å². The second-order valence-electron chi connectivity index (χ2n) is 10.0. The summed E-state index contributed by atoms with van der Waals surface area (Å²) in [6.45, 7) is 6.31. The third-order valence-corrected chi connectivity index (χ3v) is 7.34. The number of aromatic nitrogens is 4. The number of ether oxygens (including phenoxy) is 1. The molecule has 3 aromatic heterocycles. The number of pyridine rings is 1. The van der Waals surface area contributed by atoms with Crippen molar-refractivity contribution in [1.82, 2.24) is 29.7 Å². The Kier molecular flexibility index (Phi) is 6.92. The van der Waals surface area contributed by atoms with E-state index in [0.717, 1.165) is 86.0 Å². The number of morpholine rings is 1. The number of benzene rings is 1. The fraction of sp³-hybridized carbons (Fsp3) is 0.379. The van der Waals surface area contributed by atoms with E-state index in [2.05, 4.69) is 32.0 Å². The lowest BCUT2D eigenvalue weighted by atomic mass is 9.97. The van der Waals surface area contributed by atoms with Gasteiger partial charge in [0.1, 0.15) is 11.5 Å². The Morgan fingerprint density at radius 1 is 1.00 bits per heavy atom. The molecule has 0 saturated carbocycles. The molecule has 0 aliphatic carbocycles. The summed E-state index contributed by atoms with van der Waals surface area (Å²) in [5.41, 5.74) is 4.38. The zero-order chi connectivity index (χ0) is 25.0. The van der Waals surface area contributed by atoms with Crippen LogP contribution in [0.2, 0.25) is 0 Å². The largest absolute Gasteiger partial charge is 0.379 e. The number of amides is 1.